The highest BCUT2D eigenvalue weighted by atomic mass is 16.5. The van der Waals surface area contributed by atoms with Crippen LogP contribution in [0.15, 0.2) is 78.9 Å². The van der Waals surface area contributed by atoms with Crippen LogP contribution in [-0.4, -0.2) is 31.4 Å². The number of methoxy groups -OCH3 is 1. The Bertz CT molecular complexity index is 1050. The number of rotatable bonds is 9. The van der Waals surface area contributed by atoms with Crippen molar-refractivity contribution >= 4 is 23.3 Å². The van der Waals surface area contributed by atoms with Crippen molar-refractivity contribution in [3.05, 3.63) is 95.6 Å². The van der Waals surface area contributed by atoms with E-state index in [4.69, 9.17) is 9.47 Å². The van der Waals surface area contributed by atoms with Crippen LogP contribution in [-0.2, 0) is 16.0 Å². The number of amides is 1. The summed E-state index contributed by atoms with van der Waals surface area (Å²) in [5.74, 6) is -0.285. The Labute approximate surface area is 180 Å². The smallest absolute Gasteiger partial charge is 0.306 e. The van der Waals surface area contributed by atoms with Crippen LogP contribution in [0.4, 0.5) is 5.69 Å². The Morgan fingerprint density at radius 3 is 2.19 bits per heavy atom. The van der Waals surface area contributed by atoms with Crippen molar-refractivity contribution in [1.82, 2.24) is 0 Å². The second-order valence-electron chi connectivity index (χ2n) is 6.79. The Morgan fingerprint density at radius 2 is 1.48 bits per heavy atom. The number of anilines is 1. The quantitative estimate of drug-likeness (QED) is 0.415. The molecule has 0 radical (unpaired) electrons. The van der Waals surface area contributed by atoms with Crippen molar-refractivity contribution in [3.63, 3.8) is 0 Å². The van der Waals surface area contributed by atoms with Gasteiger partial charge in [0, 0.05) is 23.2 Å². The van der Waals surface area contributed by atoms with Gasteiger partial charge < -0.3 is 14.8 Å². The van der Waals surface area contributed by atoms with Crippen molar-refractivity contribution in [2.45, 2.75) is 12.8 Å². The molecule has 3 rings (SSSR count). The van der Waals surface area contributed by atoms with E-state index in [9.17, 15) is 14.4 Å². The van der Waals surface area contributed by atoms with Gasteiger partial charge in [0.15, 0.2) is 12.4 Å². The predicted molar refractivity (Wildman–Crippen MR) is 117 cm³/mol. The van der Waals surface area contributed by atoms with Crippen LogP contribution in [0.2, 0.25) is 0 Å². The molecule has 1 N–H and O–H groups in total. The standard InChI is InChI=1S/C25H23NO5/c1-30-23-10-6-5-7-19(23)13-16-24(28)31-17-22(27)18-11-14-21(15-12-18)26-25(29)20-8-3-2-4-9-20/h2-12,14-15H,13,16-17H2,1H3,(H,26,29). The van der Waals surface area contributed by atoms with Gasteiger partial charge in [-0.1, -0.05) is 36.4 Å². The SMILES string of the molecule is COc1ccccc1CCC(=O)OCC(=O)c1ccc(NC(=O)c2ccccc2)cc1. The Hall–Kier alpha value is -3.93. The third-order valence-electron chi connectivity index (χ3n) is 4.66. The number of hydrogen-bond acceptors (Lipinski definition) is 5. The molecule has 31 heavy (non-hydrogen) atoms. The van der Waals surface area contributed by atoms with E-state index in [1.54, 1.807) is 55.6 Å². The Morgan fingerprint density at radius 1 is 0.806 bits per heavy atom. The molecule has 0 aliphatic carbocycles. The van der Waals surface area contributed by atoms with Crippen LogP contribution in [0.25, 0.3) is 0 Å². The molecular formula is C25H23NO5. The van der Waals surface area contributed by atoms with E-state index < -0.39 is 5.97 Å². The number of Topliss-reactive ketones (excluding diaryl/α,β-unsaturated/α-hetero) is 1. The molecule has 0 unspecified atom stereocenters. The van der Waals surface area contributed by atoms with Gasteiger partial charge in [-0.15, -0.1) is 0 Å². The van der Waals surface area contributed by atoms with Gasteiger partial charge in [0.05, 0.1) is 7.11 Å². The Balaban J connectivity index is 1.47. The molecule has 3 aromatic carbocycles. The average Bonchev–Trinajstić information content (AvgIpc) is 2.82. The molecule has 0 saturated heterocycles. The van der Waals surface area contributed by atoms with Gasteiger partial charge >= 0.3 is 5.97 Å². The number of benzene rings is 3. The number of carbonyl (C=O) groups is 3. The van der Waals surface area contributed by atoms with Gasteiger partial charge in [0.25, 0.3) is 5.91 Å². The first-order valence-electron chi connectivity index (χ1n) is 9.84. The summed E-state index contributed by atoms with van der Waals surface area (Å²) in [7, 11) is 1.58. The topological polar surface area (TPSA) is 81.7 Å². The van der Waals surface area contributed by atoms with Crippen molar-refractivity contribution in [2.75, 3.05) is 19.0 Å². The van der Waals surface area contributed by atoms with Crippen molar-refractivity contribution in [1.29, 1.82) is 0 Å². The lowest BCUT2D eigenvalue weighted by Gasteiger charge is -2.09. The lowest BCUT2D eigenvalue weighted by Crippen LogP contribution is -2.15. The molecule has 0 bridgehead atoms. The predicted octanol–water partition coefficient (Wildman–Crippen LogP) is 4.31. The molecule has 1 amide bonds. The van der Waals surface area contributed by atoms with Crippen LogP contribution in [0, 0.1) is 0 Å². The van der Waals surface area contributed by atoms with Crippen LogP contribution in [0.1, 0.15) is 32.7 Å². The third-order valence-corrected chi connectivity index (χ3v) is 4.66. The first-order chi connectivity index (χ1) is 15.1. The van der Waals surface area contributed by atoms with E-state index in [0.717, 1.165) is 5.56 Å². The molecule has 0 saturated carbocycles. The number of ketones is 1. The summed E-state index contributed by atoms with van der Waals surface area (Å²) >= 11 is 0. The van der Waals surface area contributed by atoms with Crippen LogP contribution in [0.3, 0.4) is 0 Å². The zero-order chi connectivity index (χ0) is 22.1. The molecule has 0 aliphatic rings. The number of para-hydroxylation sites is 1. The van der Waals surface area contributed by atoms with Gasteiger partial charge in [-0.3, -0.25) is 14.4 Å². The van der Waals surface area contributed by atoms with E-state index in [1.165, 1.54) is 0 Å². The van der Waals surface area contributed by atoms with Gasteiger partial charge in [-0.2, -0.15) is 0 Å². The molecule has 6 nitrogen and oxygen atoms in total. The van der Waals surface area contributed by atoms with Gasteiger partial charge in [0.1, 0.15) is 5.75 Å². The van der Waals surface area contributed by atoms with Crippen LogP contribution in [0.5, 0.6) is 5.75 Å². The zero-order valence-corrected chi connectivity index (χ0v) is 17.2. The van der Waals surface area contributed by atoms with Crippen molar-refractivity contribution in [3.8, 4) is 5.75 Å². The monoisotopic (exact) mass is 417 g/mol. The molecule has 0 heterocycles. The maximum absolute atomic E-state index is 12.3. The lowest BCUT2D eigenvalue weighted by molar-refractivity contribution is -0.142. The molecule has 0 aromatic heterocycles. The summed E-state index contributed by atoms with van der Waals surface area (Å²) in [6, 6.07) is 22.7. The largest absolute Gasteiger partial charge is 0.496 e. The normalized spacial score (nSPS) is 10.2. The van der Waals surface area contributed by atoms with E-state index in [2.05, 4.69) is 5.32 Å². The second-order valence-corrected chi connectivity index (χ2v) is 6.79. The average molecular weight is 417 g/mol. The van der Waals surface area contributed by atoms with E-state index in [-0.39, 0.29) is 24.7 Å². The molecule has 0 fully saturated rings. The molecular weight excluding hydrogens is 394 g/mol. The summed E-state index contributed by atoms with van der Waals surface area (Å²) in [6.07, 6.45) is 0.616. The summed E-state index contributed by atoms with van der Waals surface area (Å²) in [4.78, 5) is 36.5. The number of nitrogens with one attached hydrogen (secondary N) is 1. The minimum atomic E-state index is -0.453. The number of carbonyl (C=O) groups excluding carboxylic acids is 3. The second kappa shape index (κ2) is 10.7. The molecule has 0 atom stereocenters. The first-order valence-corrected chi connectivity index (χ1v) is 9.84. The minimum absolute atomic E-state index is 0.151. The molecule has 6 heteroatoms. The van der Waals surface area contributed by atoms with Crippen LogP contribution >= 0.6 is 0 Å². The molecule has 158 valence electrons. The highest BCUT2D eigenvalue weighted by molar-refractivity contribution is 6.04. The maximum Gasteiger partial charge on any atom is 0.306 e. The van der Waals surface area contributed by atoms with E-state index >= 15 is 0 Å². The van der Waals surface area contributed by atoms with Gasteiger partial charge in [-0.05, 0) is 54.4 Å². The fourth-order valence-electron chi connectivity index (χ4n) is 2.98. The summed E-state index contributed by atoms with van der Waals surface area (Å²) in [5, 5.41) is 2.77. The maximum atomic E-state index is 12.3. The number of esters is 1. The van der Waals surface area contributed by atoms with E-state index in [1.807, 2.05) is 30.3 Å². The lowest BCUT2D eigenvalue weighted by atomic mass is 10.1. The fourth-order valence-corrected chi connectivity index (χ4v) is 2.98. The fraction of sp³-hybridized carbons (Fsp3) is 0.160. The number of aryl methyl sites for hydroxylation is 1. The summed E-state index contributed by atoms with van der Waals surface area (Å²) in [5.41, 5.74) is 2.42. The van der Waals surface area contributed by atoms with Crippen LogP contribution < -0.4 is 10.1 Å². The Kier molecular flexibility index (Phi) is 7.54. The summed E-state index contributed by atoms with van der Waals surface area (Å²) < 4.78 is 10.4. The molecule has 0 spiro atoms. The highest BCUT2D eigenvalue weighted by Crippen LogP contribution is 2.19. The number of ether oxygens (including phenoxy) is 2. The number of hydrogen-bond donors (Lipinski definition) is 1. The third kappa shape index (κ3) is 6.27. The van der Waals surface area contributed by atoms with Gasteiger partial charge in [0.2, 0.25) is 0 Å². The van der Waals surface area contributed by atoms with Crippen molar-refractivity contribution in [2.24, 2.45) is 0 Å². The molecule has 3 aromatic rings. The van der Waals surface area contributed by atoms with Crippen molar-refractivity contribution < 1.29 is 23.9 Å². The summed E-state index contributed by atoms with van der Waals surface area (Å²) in [6.45, 7) is -0.333. The van der Waals surface area contributed by atoms with E-state index in [0.29, 0.717) is 29.0 Å². The zero-order valence-electron chi connectivity index (χ0n) is 17.2. The minimum Gasteiger partial charge on any atom is -0.496 e. The highest BCUT2D eigenvalue weighted by Gasteiger charge is 2.12. The first kappa shape index (κ1) is 21.8. The molecule has 0 aliphatic heterocycles. The van der Waals surface area contributed by atoms with Gasteiger partial charge in [-0.25, -0.2) is 0 Å².